The highest BCUT2D eigenvalue weighted by atomic mass is 79.9. The van der Waals surface area contributed by atoms with Gasteiger partial charge in [-0.1, -0.05) is 22.0 Å². The fourth-order valence-electron chi connectivity index (χ4n) is 2.63. The van der Waals surface area contributed by atoms with Crippen molar-refractivity contribution >= 4 is 27.7 Å². The zero-order chi connectivity index (χ0) is 16.5. The van der Waals surface area contributed by atoms with Gasteiger partial charge in [-0.3, -0.25) is 9.59 Å². The minimum absolute atomic E-state index is 0.0913. The lowest BCUT2D eigenvalue weighted by atomic mass is 10.0. The molecule has 2 amide bonds. The smallest absolute Gasteiger partial charge is 0.251 e. The van der Waals surface area contributed by atoms with Crippen LogP contribution in [0.3, 0.4) is 0 Å². The standard InChI is InChI=1S/C17H24BrN3O2/c18-15-4-1-3-14(11-15)17(23)21-9-2-8-20-16(22)6-5-13-7-10-19-12-13/h1,3-4,11,13,19H,2,5-10,12H2,(H,20,22)(H,21,23). The molecule has 1 atom stereocenters. The molecule has 1 aromatic carbocycles. The highest BCUT2D eigenvalue weighted by Crippen LogP contribution is 2.14. The van der Waals surface area contributed by atoms with Crippen LogP contribution in [0.1, 0.15) is 36.0 Å². The van der Waals surface area contributed by atoms with E-state index in [1.807, 2.05) is 12.1 Å². The molecule has 1 saturated heterocycles. The Morgan fingerprint density at radius 2 is 2.09 bits per heavy atom. The van der Waals surface area contributed by atoms with E-state index in [-0.39, 0.29) is 11.8 Å². The molecular formula is C17H24BrN3O2. The van der Waals surface area contributed by atoms with E-state index in [2.05, 4.69) is 31.9 Å². The minimum Gasteiger partial charge on any atom is -0.356 e. The van der Waals surface area contributed by atoms with Gasteiger partial charge in [0.05, 0.1) is 0 Å². The van der Waals surface area contributed by atoms with E-state index in [0.717, 1.165) is 30.4 Å². The summed E-state index contributed by atoms with van der Waals surface area (Å²) in [5.41, 5.74) is 0.633. The maximum atomic E-state index is 11.9. The second kappa shape index (κ2) is 9.67. The van der Waals surface area contributed by atoms with Gasteiger partial charge in [0.25, 0.3) is 5.91 Å². The quantitative estimate of drug-likeness (QED) is 0.603. The largest absolute Gasteiger partial charge is 0.356 e. The summed E-state index contributed by atoms with van der Waals surface area (Å²) in [6, 6.07) is 7.28. The third-order valence-electron chi connectivity index (χ3n) is 3.99. The Bertz CT molecular complexity index is 530. The van der Waals surface area contributed by atoms with Crippen molar-refractivity contribution in [2.24, 2.45) is 5.92 Å². The zero-order valence-electron chi connectivity index (χ0n) is 13.2. The van der Waals surface area contributed by atoms with Crippen molar-refractivity contribution in [3.8, 4) is 0 Å². The van der Waals surface area contributed by atoms with Crippen LogP contribution >= 0.6 is 15.9 Å². The molecule has 1 unspecified atom stereocenters. The van der Waals surface area contributed by atoms with Gasteiger partial charge >= 0.3 is 0 Å². The Morgan fingerprint density at radius 1 is 1.26 bits per heavy atom. The molecule has 1 aromatic rings. The topological polar surface area (TPSA) is 70.2 Å². The summed E-state index contributed by atoms with van der Waals surface area (Å²) >= 11 is 3.35. The van der Waals surface area contributed by atoms with E-state index < -0.39 is 0 Å². The van der Waals surface area contributed by atoms with Crippen molar-refractivity contribution in [2.75, 3.05) is 26.2 Å². The number of hydrogen-bond donors (Lipinski definition) is 3. The lowest BCUT2D eigenvalue weighted by molar-refractivity contribution is -0.121. The van der Waals surface area contributed by atoms with Gasteiger partial charge in [0.15, 0.2) is 0 Å². The third kappa shape index (κ3) is 6.71. The minimum atomic E-state index is -0.0913. The molecule has 1 heterocycles. The Hall–Kier alpha value is -1.40. The summed E-state index contributed by atoms with van der Waals surface area (Å²) in [5.74, 6) is 0.659. The molecule has 0 aromatic heterocycles. The summed E-state index contributed by atoms with van der Waals surface area (Å²) in [6.45, 7) is 3.26. The molecular weight excluding hydrogens is 358 g/mol. The van der Waals surface area contributed by atoms with E-state index in [4.69, 9.17) is 0 Å². The second-order valence-corrected chi connectivity index (χ2v) is 6.78. The third-order valence-corrected chi connectivity index (χ3v) is 4.48. The lowest BCUT2D eigenvalue weighted by Gasteiger charge is -2.09. The SMILES string of the molecule is O=C(CCC1CCNC1)NCCCNC(=O)c1cccc(Br)c1. The predicted molar refractivity (Wildman–Crippen MR) is 94.3 cm³/mol. The lowest BCUT2D eigenvalue weighted by Crippen LogP contribution is -2.30. The Labute approximate surface area is 145 Å². The van der Waals surface area contributed by atoms with Crippen molar-refractivity contribution < 1.29 is 9.59 Å². The highest BCUT2D eigenvalue weighted by molar-refractivity contribution is 9.10. The number of carbonyl (C=O) groups excluding carboxylic acids is 2. The van der Waals surface area contributed by atoms with Crippen molar-refractivity contribution in [2.45, 2.75) is 25.7 Å². The van der Waals surface area contributed by atoms with Crippen molar-refractivity contribution in [3.63, 3.8) is 0 Å². The van der Waals surface area contributed by atoms with Gasteiger partial charge in [-0.15, -0.1) is 0 Å². The summed E-state index contributed by atoms with van der Waals surface area (Å²) in [6.07, 6.45) is 3.46. The van der Waals surface area contributed by atoms with Crippen LogP contribution in [0.2, 0.25) is 0 Å². The van der Waals surface area contributed by atoms with E-state index in [1.165, 1.54) is 6.42 Å². The molecule has 1 fully saturated rings. The number of hydrogen-bond acceptors (Lipinski definition) is 3. The molecule has 126 valence electrons. The first kappa shape index (κ1) is 17.9. The zero-order valence-corrected chi connectivity index (χ0v) is 14.8. The molecule has 0 saturated carbocycles. The van der Waals surface area contributed by atoms with Crippen molar-refractivity contribution in [3.05, 3.63) is 34.3 Å². The van der Waals surface area contributed by atoms with Crippen molar-refractivity contribution in [1.82, 2.24) is 16.0 Å². The van der Waals surface area contributed by atoms with Crippen LogP contribution in [0, 0.1) is 5.92 Å². The van der Waals surface area contributed by atoms with Crippen molar-refractivity contribution in [1.29, 1.82) is 0 Å². The molecule has 0 radical (unpaired) electrons. The first-order chi connectivity index (χ1) is 11.1. The Morgan fingerprint density at radius 3 is 2.83 bits per heavy atom. The molecule has 0 aliphatic carbocycles. The fraction of sp³-hybridized carbons (Fsp3) is 0.529. The molecule has 1 aliphatic rings. The van der Waals surface area contributed by atoms with Crippen LogP contribution in [0.4, 0.5) is 0 Å². The van der Waals surface area contributed by atoms with E-state index in [1.54, 1.807) is 12.1 Å². The average molecular weight is 382 g/mol. The van der Waals surface area contributed by atoms with Gasteiger partial charge in [0, 0.05) is 29.5 Å². The molecule has 3 N–H and O–H groups in total. The molecule has 5 nitrogen and oxygen atoms in total. The predicted octanol–water partition coefficient (Wildman–Crippen LogP) is 2.07. The summed E-state index contributed by atoms with van der Waals surface area (Å²) < 4.78 is 0.884. The summed E-state index contributed by atoms with van der Waals surface area (Å²) in [7, 11) is 0. The monoisotopic (exact) mass is 381 g/mol. The number of rotatable bonds is 8. The maximum Gasteiger partial charge on any atom is 0.251 e. The van der Waals surface area contributed by atoms with Crippen LogP contribution < -0.4 is 16.0 Å². The number of amides is 2. The first-order valence-electron chi connectivity index (χ1n) is 8.16. The van der Waals surface area contributed by atoms with E-state index in [9.17, 15) is 9.59 Å². The van der Waals surface area contributed by atoms with Gasteiger partial charge in [-0.2, -0.15) is 0 Å². The highest BCUT2D eigenvalue weighted by Gasteiger charge is 2.15. The summed E-state index contributed by atoms with van der Waals surface area (Å²) in [5, 5.41) is 9.08. The Kier molecular flexibility index (Phi) is 7.55. The van der Waals surface area contributed by atoms with Crippen LogP contribution in [0.15, 0.2) is 28.7 Å². The molecule has 1 aliphatic heterocycles. The van der Waals surface area contributed by atoms with Crippen LogP contribution in [-0.4, -0.2) is 38.0 Å². The number of carbonyl (C=O) groups is 2. The molecule has 6 heteroatoms. The average Bonchev–Trinajstić information content (AvgIpc) is 3.06. The fourth-order valence-corrected chi connectivity index (χ4v) is 3.03. The number of nitrogens with one attached hydrogen (secondary N) is 3. The maximum absolute atomic E-state index is 11.9. The van der Waals surface area contributed by atoms with E-state index >= 15 is 0 Å². The Balaban J connectivity index is 1.53. The van der Waals surface area contributed by atoms with Gasteiger partial charge in [-0.05, 0) is 56.5 Å². The van der Waals surface area contributed by atoms with Gasteiger partial charge in [0.2, 0.25) is 5.91 Å². The van der Waals surface area contributed by atoms with Crippen LogP contribution in [0.25, 0.3) is 0 Å². The molecule has 0 spiro atoms. The van der Waals surface area contributed by atoms with Crippen LogP contribution in [0.5, 0.6) is 0 Å². The summed E-state index contributed by atoms with van der Waals surface area (Å²) in [4.78, 5) is 23.6. The molecule has 0 bridgehead atoms. The van der Waals surface area contributed by atoms with Gasteiger partial charge in [-0.25, -0.2) is 0 Å². The van der Waals surface area contributed by atoms with Crippen LogP contribution in [-0.2, 0) is 4.79 Å². The normalized spacial score (nSPS) is 17.0. The van der Waals surface area contributed by atoms with Gasteiger partial charge < -0.3 is 16.0 Å². The van der Waals surface area contributed by atoms with Gasteiger partial charge in [0.1, 0.15) is 0 Å². The molecule has 2 rings (SSSR count). The first-order valence-corrected chi connectivity index (χ1v) is 8.95. The van der Waals surface area contributed by atoms with E-state index in [0.29, 0.717) is 31.0 Å². The number of benzene rings is 1. The number of halogens is 1. The molecule has 23 heavy (non-hydrogen) atoms. The second-order valence-electron chi connectivity index (χ2n) is 5.87.